The quantitative estimate of drug-likeness (QED) is 0.0262. The van der Waals surface area contributed by atoms with Crippen LogP contribution in [-0.4, -0.2) is 25.9 Å². The van der Waals surface area contributed by atoms with Crippen molar-refractivity contribution in [2.24, 2.45) is 0 Å². The second-order valence-electron chi connectivity index (χ2n) is 18.6. The molecule has 0 radical (unpaired) electrons. The van der Waals surface area contributed by atoms with E-state index < -0.39 is 20.2 Å². The van der Waals surface area contributed by atoms with E-state index in [9.17, 15) is 25.9 Å². The van der Waals surface area contributed by atoms with E-state index in [-0.39, 0.29) is 29.3 Å². The second-order valence-corrected chi connectivity index (χ2v) is 21.3. The summed E-state index contributed by atoms with van der Waals surface area (Å²) < 4.78 is 71.7. The van der Waals surface area contributed by atoms with Crippen LogP contribution >= 0.6 is 0 Å². The number of benzene rings is 4. The van der Waals surface area contributed by atoms with E-state index >= 15 is 0 Å². The minimum Gasteiger partial charge on any atom is -0.744 e. The average molecular weight is 985 g/mol. The third-order valence-corrected chi connectivity index (χ3v) is 14.9. The van der Waals surface area contributed by atoms with Gasteiger partial charge in [0.25, 0.3) is 0 Å². The molecule has 4 rings (SSSR count). The summed E-state index contributed by atoms with van der Waals surface area (Å²) in [5.41, 5.74) is 3.94. The molecular weight excluding hydrogens is 898 g/mol. The maximum absolute atomic E-state index is 12.0. The summed E-state index contributed by atoms with van der Waals surface area (Å²) in [5.74, 6) is 0. The molecule has 360 valence electrons. The first-order valence-electron chi connectivity index (χ1n) is 25.9. The van der Waals surface area contributed by atoms with Gasteiger partial charge in [-0.15, -0.1) is 0 Å². The molecule has 9 heteroatoms. The average Bonchev–Trinajstić information content (AvgIpc) is 3.27. The maximum atomic E-state index is 12.0. The van der Waals surface area contributed by atoms with E-state index in [0.717, 1.165) is 72.9 Å². The molecule has 65 heavy (non-hydrogen) atoms. The SMILES string of the molecule is CCCCCCCCCc1cc2c(CCCCCCCCC)cccc2cc1S(=O)(=O)[O-].CCCCCCCCCc1cc2c(CCCCCCCCC)cccc2cc1S(=O)(=O)[O-].[Zn+2]. The van der Waals surface area contributed by atoms with Gasteiger partial charge in [0.2, 0.25) is 0 Å². The molecule has 4 aromatic carbocycles. The van der Waals surface area contributed by atoms with Crippen LogP contribution in [0, 0.1) is 0 Å². The molecule has 0 saturated heterocycles. The molecule has 0 unspecified atom stereocenters. The zero-order chi connectivity index (χ0) is 46.5. The number of aryl methyl sites for hydroxylation is 4. The molecule has 6 nitrogen and oxygen atoms in total. The Balaban J connectivity index is 0.000000440. The van der Waals surface area contributed by atoms with Crippen molar-refractivity contribution >= 4 is 41.8 Å². The predicted octanol–water partition coefficient (Wildman–Crippen LogP) is 16.7. The van der Waals surface area contributed by atoms with Gasteiger partial charge in [-0.25, -0.2) is 16.8 Å². The number of hydrogen-bond acceptors (Lipinski definition) is 6. The Morgan fingerprint density at radius 3 is 0.846 bits per heavy atom. The largest absolute Gasteiger partial charge is 2.00 e. The monoisotopic (exact) mass is 983 g/mol. The Hall–Kier alpha value is -2.16. The number of rotatable bonds is 34. The van der Waals surface area contributed by atoms with Gasteiger partial charge in [-0.3, -0.25) is 0 Å². The van der Waals surface area contributed by atoms with Gasteiger partial charge >= 0.3 is 19.5 Å². The van der Waals surface area contributed by atoms with Crippen molar-refractivity contribution in [3.05, 3.63) is 82.9 Å². The summed E-state index contributed by atoms with van der Waals surface area (Å²) in [5, 5.41) is 3.96. The summed E-state index contributed by atoms with van der Waals surface area (Å²) >= 11 is 0. The van der Waals surface area contributed by atoms with Gasteiger partial charge < -0.3 is 9.11 Å². The normalized spacial score (nSPS) is 11.8. The summed E-state index contributed by atoms with van der Waals surface area (Å²) in [6.07, 6.45) is 37.6. The first-order valence-corrected chi connectivity index (χ1v) is 28.8. The molecule has 0 aliphatic rings. The topological polar surface area (TPSA) is 114 Å². The molecule has 0 aliphatic heterocycles. The molecule has 0 bridgehead atoms. The van der Waals surface area contributed by atoms with Crippen molar-refractivity contribution in [3.8, 4) is 0 Å². The van der Waals surface area contributed by atoms with Crippen LogP contribution in [0.15, 0.2) is 70.5 Å². The molecule has 0 N–H and O–H groups in total. The predicted molar refractivity (Wildman–Crippen MR) is 271 cm³/mol. The van der Waals surface area contributed by atoms with Crippen LogP contribution in [0.4, 0.5) is 0 Å². The summed E-state index contributed by atoms with van der Waals surface area (Å²) in [6.45, 7) is 8.91. The van der Waals surface area contributed by atoms with E-state index in [1.165, 1.54) is 152 Å². The second kappa shape index (κ2) is 34.2. The third kappa shape index (κ3) is 23.1. The van der Waals surface area contributed by atoms with Gasteiger partial charge in [0, 0.05) is 0 Å². The number of unbranched alkanes of at least 4 members (excludes halogenated alkanes) is 24. The molecular formula is C56H86O6S2Zn. The van der Waals surface area contributed by atoms with Crippen molar-refractivity contribution in [1.29, 1.82) is 0 Å². The minimum atomic E-state index is -4.47. The van der Waals surface area contributed by atoms with Crippen LogP contribution in [0.3, 0.4) is 0 Å². The number of fused-ring (bicyclic) bond motifs is 2. The molecule has 0 saturated carbocycles. The Morgan fingerprint density at radius 2 is 0.585 bits per heavy atom. The minimum absolute atomic E-state index is 0. The first-order chi connectivity index (χ1) is 30.9. The molecule has 0 aromatic heterocycles. The fourth-order valence-electron chi connectivity index (χ4n) is 9.21. The van der Waals surface area contributed by atoms with Gasteiger partial charge in [0.05, 0.1) is 9.79 Å². The Morgan fingerprint density at radius 1 is 0.338 bits per heavy atom. The van der Waals surface area contributed by atoms with Crippen molar-refractivity contribution in [1.82, 2.24) is 0 Å². The van der Waals surface area contributed by atoms with Crippen molar-refractivity contribution < 1.29 is 45.4 Å². The molecule has 0 amide bonds. The number of hydrogen-bond donors (Lipinski definition) is 0. The van der Waals surface area contributed by atoms with Crippen LogP contribution in [0.2, 0.25) is 0 Å². The van der Waals surface area contributed by atoms with E-state index in [0.29, 0.717) is 24.0 Å². The van der Waals surface area contributed by atoms with E-state index in [2.05, 4.69) is 39.8 Å². The first kappa shape index (κ1) is 59.0. The molecule has 0 heterocycles. The van der Waals surface area contributed by atoms with E-state index in [1.54, 1.807) is 12.1 Å². The van der Waals surface area contributed by atoms with Crippen LogP contribution in [0.5, 0.6) is 0 Å². The summed E-state index contributed by atoms with van der Waals surface area (Å²) in [4.78, 5) is -0.0480. The molecule has 4 aromatic rings. The van der Waals surface area contributed by atoms with Gasteiger partial charge in [-0.2, -0.15) is 0 Å². The third-order valence-electron chi connectivity index (χ3n) is 13.0. The summed E-state index contributed by atoms with van der Waals surface area (Å²) in [6, 6.07) is 19.3. The molecule has 0 fully saturated rings. The van der Waals surface area contributed by atoms with Crippen LogP contribution in [0.25, 0.3) is 21.5 Å². The van der Waals surface area contributed by atoms with E-state index in [4.69, 9.17) is 0 Å². The van der Waals surface area contributed by atoms with Crippen LogP contribution in [0.1, 0.15) is 230 Å². The van der Waals surface area contributed by atoms with Gasteiger partial charge in [-0.1, -0.05) is 218 Å². The molecule has 0 spiro atoms. The van der Waals surface area contributed by atoms with Crippen molar-refractivity contribution in [3.63, 3.8) is 0 Å². The Kier molecular flexibility index (Phi) is 31.0. The zero-order valence-corrected chi connectivity index (χ0v) is 46.0. The van der Waals surface area contributed by atoms with Gasteiger partial charge in [0.15, 0.2) is 0 Å². The summed E-state index contributed by atoms with van der Waals surface area (Å²) in [7, 11) is -8.95. The van der Waals surface area contributed by atoms with E-state index in [1.807, 2.05) is 36.4 Å². The van der Waals surface area contributed by atoms with Crippen LogP contribution in [-0.2, 0) is 65.4 Å². The fraction of sp³-hybridized carbons (Fsp3) is 0.643. The zero-order valence-electron chi connectivity index (χ0n) is 41.4. The maximum Gasteiger partial charge on any atom is 2.00 e. The Bertz CT molecular complexity index is 1960. The smallest absolute Gasteiger partial charge is 0.744 e. The van der Waals surface area contributed by atoms with Crippen molar-refractivity contribution in [2.45, 2.75) is 243 Å². The van der Waals surface area contributed by atoms with Gasteiger partial charge in [-0.05, 0) is 119 Å². The molecule has 0 atom stereocenters. The fourth-order valence-corrected chi connectivity index (χ4v) is 10.7. The standard InChI is InChI=1S/2C28H44O3S.Zn/c2*1-3-5-7-9-11-13-15-18-24-20-17-21-25-23-28(32(29,30)31)26(22-27(24)25)19-16-14-12-10-8-6-4-2;/h2*17,20-23H,3-16,18-19H2,1-2H3,(H,29,30,31);/q;;+2/p-2. The van der Waals surface area contributed by atoms with Crippen LogP contribution < -0.4 is 0 Å². The molecule has 0 aliphatic carbocycles. The van der Waals surface area contributed by atoms with Gasteiger partial charge in [0.1, 0.15) is 20.2 Å². The Labute approximate surface area is 410 Å². The van der Waals surface area contributed by atoms with Crippen molar-refractivity contribution in [2.75, 3.05) is 0 Å².